The van der Waals surface area contributed by atoms with Crippen LogP contribution in [-0.2, 0) is 29.9 Å². The fraction of sp³-hybridized carbons (Fsp3) is 0.250. The Hall–Kier alpha value is -1.97. The highest BCUT2D eigenvalue weighted by Crippen LogP contribution is 2.30. The van der Waals surface area contributed by atoms with E-state index in [0.29, 0.717) is 15.1 Å². The molecule has 0 unspecified atom stereocenters. The maximum absolute atomic E-state index is 12.5. The number of carbonyl (C=O) groups excluding carboxylic acids is 1. The van der Waals surface area contributed by atoms with Crippen LogP contribution in [0.25, 0.3) is 10.2 Å². The number of nitrogens with one attached hydrogen (secondary N) is 1. The summed E-state index contributed by atoms with van der Waals surface area (Å²) in [5, 5.41) is 0. The molecular formula is C16H14N2O4S3. The molecule has 1 aromatic carbocycles. The minimum atomic E-state index is -3.99. The molecule has 1 aliphatic carbocycles. The van der Waals surface area contributed by atoms with E-state index < -0.39 is 15.9 Å². The summed E-state index contributed by atoms with van der Waals surface area (Å²) >= 11 is 2.33. The summed E-state index contributed by atoms with van der Waals surface area (Å²) in [5.74, 6) is -0.610. The average molecular weight is 394 g/mol. The van der Waals surface area contributed by atoms with E-state index in [4.69, 9.17) is 0 Å². The molecule has 2 heterocycles. The van der Waals surface area contributed by atoms with Crippen molar-refractivity contribution < 1.29 is 13.2 Å². The summed E-state index contributed by atoms with van der Waals surface area (Å²) in [7, 11) is -2.36. The highest BCUT2D eigenvalue weighted by molar-refractivity contribution is 7.90. The van der Waals surface area contributed by atoms with Crippen molar-refractivity contribution in [3.05, 3.63) is 49.3 Å². The molecule has 3 aromatic rings. The Morgan fingerprint density at radius 1 is 1.20 bits per heavy atom. The van der Waals surface area contributed by atoms with Gasteiger partial charge in [0.15, 0.2) is 0 Å². The summed E-state index contributed by atoms with van der Waals surface area (Å²) in [6.45, 7) is 0. The maximum atomic E-state index is 12.5. The lowest BCUT2D eigenvalue weighted by molar-refractivity contribution is 0.0985. The molecule has 9 heteroatoms. The van der Waals surface area contributed by atoms with E-state index in [2.05, 4.69) is 4.72 Å². The first-order valence-electron chi connectivity index (χ1n) is 7.63. The minimum absolute atomic E-state index is 0.0284. The summed E-state index contributed by atoms with van der Waals surface area (Å²) < 4.78 is 29.2. The largest absolute Gasteiger partial charge is 0.307 e. The molecule has 2 aromatic heterocycles. The van der Waals surface area contributed by atoms with E-state index in [0.717, 1.165) is 41.0 Å². The van der Waals surface area contributed by atoms with Gasteiger partial charge >= 0.3 is 4.87 Å². The van der Waals surface area contributed by atoms with Crippen molar-refractivity contribution in [1.82, 2.24) is 9.29 Å². The van der Waals surface area contributed by atoms with E-state index in [9.17, 15) is 18.0 Å². The molecule has 1 amide bonds. The molecule has 0 spiro atoms. The highest BCUT2D eigenvalue weighted by atomic mass is 32.2. The fourth-order valence-electron chi connectivity index (χ4n) is 2.95. The van der Waals surface area contributed by atoms with Crippen molar-refractivity contribution in [2.75, 3.05) is 0 Å². The van der Waals surface area contributed by atoms with Crippen LogP contribution in [0.4, 0.5) is 0 Å². The van der Waals surface area contributed by atoms with Crippen LogP contribution < -0.4 is 9.60 Å². The molecule has 25 heavy (non-hydrogen) atoms. The zero-order valence-corrected chi connectivity index (χ0v) is 15.7. The van der Waals surface area contributed by atoms with Crippen molar-refractivity contribution in [2.45, 2.75) is 24.2 Å². The molecule has 1 aliphatic rings. The Balaban J connectivity index is 1.64. The molecular weight excluding hydrogens is 380 g/mol. The van der Waals surface area contributed by atoms with Gasteiger partial charge in [0, 0.05) is 11.9 Å². The first kappa shape index (κ1) is 16.5. The number of hydrogen-bond acceptors (Lipinski definition) is 6. The van der Waals surface area contributed by atoms with Crippen LogP contribution >= 0.6 is 22.7 Å². The Morgan fingerprint density at radius 2 is 2.00 bits per heavy atom. The van der Waals surface area contributed by atoms with Crippen molar-refractivity contribution in [3.8, 4) is 0 Å². The third-order valence-electron chi connectivity index (χ3n) is 4.27. The van der Waals surface area contributed by atoms with Gasteiger partial charge in [-0.15, -0.1) is 11.3 Å². The summed E-state index contributed by atoms with van der Waals surface area (Å²) in [4.78, 5) is 25.4. The predicted molar refractivity (Wildman–Crippen MR) is 98.1 cm³/mol. The third kappa shape index (κ3) is 2.82. The smallest absolute Gasteiger partial charge is 0.302 e. The standard InChI is InChI=1S/C16H14N2O4S3/c1-18-11-6-5-10(8-13(11)24-16(18)20)25(21,22)17-15(19)14-7-9-3-2-4-12(9)23-14/h5-8H,2-4H2,1H3,(H,17,19). The Labute approximate surface area is 151 Å². The van der Waals surface area contributed by atoms with E-state index in [-0.39, 0.29) is 9.77 Å². The lowest BCUT2D eigenvalue weighted by atomic mass is 10.2. The van der Waals surface area contributed by atoms with Gasteiger partial charge < -0.3 is 4.57 Å². The molecule has 6 nitrogen and oxygen atoms in total. The van der Waals surface area contributed by atoms with Gasteiger partial charge in [-0.05, 0) is 49.1 Å². The number of thiazole rings is 1. The number of fused-ring (bicyclic) bond motifs is 2. The van der Waals surface area contributed by atoms with Crippen molar-refractivity contribution in [2.24, 2.45) is 7.05 Å². The van der Waals surface area contributed by atoms with Gasteiger partial charge in [-0.3, -0.25) is 9.59 Å². The Morgan fingerprint density at radius 3 is 2.76 bits per heavy atom. The quantitative estimate of drug-likeness (QED) is 0.738. The van der Waals surface area contributed by atoms with Crippen molar-refractivity contribution in [3.63, 3.8) is 0 Å². The van der Waals surface area contributed by atoms with Crippen LogP contribution in [0, 0.1) is 0 Å². The molecule has 1 N–H and O–H groups in total. The van der Waals surface area contributed by atoms with Gasteiger partial charge in [0.2, 0.25) is 0 Å². The van der Waals surface area contributed by atoms with Gasteiger partial charge in [-0.1, -0.05) is 11.3 Å². The van der Waals surface area contributed by atoms with E-state index >= 15 is 0 Å². The average Bonchev–Trinajstić information content (AvgIpc) is 3.21. The Bertz CT molecular complexity index is 1150. The van der Waals surface area contributed by atoms with Crippen molar-refractivity contribution in [1.29, 1.82) is 0 Å². The van der Waals surface area contributed by atoms with E-state index in [1.807, 2.05) is 0 Å². The van der Waals surface area contributed by atoms with Crippen LogP contribution in [0.5, 0.6) is 0 Å². The number of amides is 1. The SMILES string of the molecule is Cn1c(=O)sc2cc(S(=O)(=O)NC(=O)c3cc4c(s3)CCC4)ccc21. The van der Waals surface area contributed by atoms with Crippen molar-refractivity contribution >= 4 is 48.8 Å². The molecule has 0 fully saturated rings. The van der Waals surface area contributed by atoms with E-state index in [1.54, 1.807) is 19.2 Å². The number of benzene rings is 1. The number of aromatic nitrogens is 1. The molecule has 0 radical (unpaired) electrons. The molecule has 0 bridgehead atoms. The number of rotatable bonds is 3. The number of aryl methyl sites for hydroxylation is 3. The number of nitrogens with zero attached hydrogens (tertiary/aromatic N) is 1. The number of sulfonamides is 1. The first-order chi connectivity index (χ1) is 11.8. The Kier molecular flexibility index (Phi) is 3.82. The summed E-state index contributed by atoms with van der Waals surface area (Å²) in [5.41, 5.74) is 1.80. The minimum Gasteiger partial charge on any atom is -0.302 e. The maximum Gasteiger partial charge on any atom is 0.307 e. The van der Waals surface area contributed by atoms with Gasteiger partial charge in [-0.2, -0.15) is 0 Å². The highest BCUT2D eigenvalue weighted by Gasteiger charge is 2.23. The second-order valence-electron chi connectivity index (χ2n) is 5.90. The number of hydrogen-bond donors (Lipinski definition) is 1. The fourth-order valence-corrected chi connectivity index (χ4v) is 6.15. The van der Waals surface area contributed by atoms with Gasteiger partial charge in [0.1, 0.15) is 0 Å². The van der Waals surface area contributed by atoms with Crippen LogP contribution in [-0.4, -0.2) is 18.9 Å². The zero-order valence-electron chi connectivity index (χ0n) is 13.2. The summed E-state index contributed by atoms with van der Waals surface area (Å²) in [6, 6.07) is 6.18. The second kappa shape index (κ2) is 5.79. The predicted octanol–water partition coefficient (Wildman–Crippen LogP) is 2.27. The van der Waals surface area contributed by atoms with E-state index in [1.165, 1.54) is 28.0 Å². The van der Waals surface area contributed by atoms with Gasteiger partial charge in [-0.25, -0.2) is 13.1 Å². The van der Waals surface area contributed by atoms with Crippen LogP contribution in [0.15, 0.2) is 34.0 Å². The molecule has 0 atom stereocenters. The normalized spacial score (nSPS) is 14.0. The first-order valence-corrected chi connectivity index (χ1v) is 10.7. The third-order valence-corrected chi connectivity index (χ3v) is 7.83. The monoisotopic (exact) mass is 394 g/mol. The molecule has 4 rings (SSSR count). The zero-order chi connectivity index (χ0) is 17.8. The molecule has 0 aliphatic heterocycles. The number of thiophene rings is 1. The molecule has 0 saturated heterocycles. The lowest BCUT2D eigenvalue weighted by Gasteiger charge is -2.06. The van der Waals surface area contributed by atoms with Gasteiger partial charge in [0.05, 0.1) is 20.0 Å². The topological polar surface area (TPSA) is 85.2 Å². The van der Waals surface area contributed by atoms with Crippen LogP contribution in [0.1, 0.15) is 26.5 Å². The lowest BCUT2D eigenvalue weighted by Crippen LogP contribution is -2.30. The number of carbonyl (C=O) groups is 1. The van der Waals surface area contributed by atoms with Crippen LogP contribution in [0.3, 0.4) is 0 Å². The van der Waals surface area contributed by atoms with Gasteiger partial charge in [0.25, 0.3) is 15.9 Å². The molecule has 0 saturated carbocycles. The molecule has 130 valence electrons. The second-order valence-corrected chi connectivity index (χ2v) is 9.72. The van der Waals surface area contributed by atoms with Crippen LogP contribution in [0.2, 0.25) is 0 Å². The summed E-state index contributed by atoms with van der Waals surface area (Å²) in [6.07, 6.45) is 2.97.